The maximum Gasteiger partial charge on any atom is 0.412 e. The van der Waals surface area contributed by atoms with Gasteiger partial charge in [0.1, 0.15) is 5.82 Å². The molecule has 1 aliphatic rings. The zero-order chi connectivity index (χ0) is 19.2. The molecular formula is C18H11BrClF4NO. The third-order valence-electron chi connectivity index (χ3n) is 4.22. The number of amides is 1. The number of halogens is 6. The second-order valence-corrected chi connectivity index (χ2v) is 7.12. The molecule has 0 radical (unpaired) electrons. The molecule has 1 atom stereocenters. The van der Waals surface area contributed by atoms with Crippen LogP contribution in [0.1, 0.15) is 21.8 Å². The summed E-state index contributed by atoms with van der Waals surface area (Å²) in [4.78, 5) is 13.8. The van der Waals surface area contributed by atoms with Gasteiger partial charge in [-0.15, -0.1) is 0 Å². The summed E-state index contributed by atoms with van der Waals surface area (Å²) < 4.78 is 54.7. The second-order valence-electron chi connectivity index (χ2n) is 5.79. The molecule has 2 aromatic carbocycles. The molecule has 0 saturated heterocycles. The Morgan fingerprint density at radius 1 is 1.27 bits per heavy atom. The van der Waals surface area contributed by atoms with Crippen molar-refractivity contribution in [3.05, 3.63) is 75.0 Å². The van der Waals surface area contributed by atoms with Crippen LogP contribution in [0.15, 0.2) is 53.0 Å². The van der Waals surface area contributed by atoms with Crippen LogP contribution in [0.5, 0.6) is 0 Å². The maximum atomic E-state index is 14.3. The molecule has 1 heterocycles. The molecule has 1 aliphatic heterocycles. The molecule has 0 fully saturated rings. The number of carbonyl (C=O) groups is 1. The number of benzene rings is 2. The van der Waals surface area contributed by atoms with E-state index in [9.17, 15) is 22.4 Å². The van der Waals surface area contributed by atoms with Gasteiger partial charge in [-0.2, -0.15) is 13.2 Å². The first-order valence-corrected chi connectivity index (χ1v) is 8.59. The van der Waals surface area contributed by atoms with Gasteiger partial charge in [-0.3, -0.25) is 4.79 Å². The fourth-order valence-corrected chi connectivity index (χ4v) is 3.60. The van der Waals surface area contributed by atoms with Gasteiger partial charge >= 0.3 is 6.18 Å². The Hall–Kier alpha value is -1.86. The number of hydrogen-bond acceptors (Lipinski definition) is 1. The minimum absolute atomic E-state index is 0.0502. The number of para-hydroxylation sites is 1. The van der Waals surface area contributed by atoms with E-state index in [4.69, 9.17) is 11.6 Å². The van der Waals surface area contributed by atoms with E-state index in [0.29, 0.717) is 4.47 Å². The van der Waals surface area contributed by atoms with Gasteiger partial charge < -0.3 is 4.90 Å². The van der Waals surface area contributed by atoms with Crippen molar-refractivity contribution in [1.29, 1.82) is 0 Å². The molecule has 0 bridgehead atoms. The summed E-state index contributed by atoms with van der Waals surface area (Å²) in [6.45, 7) is 2.76. The zero-order valence-electron chi connectivity index (χ0n) is 13.1. The van der Waals surface area contributed by atoms with Crippen LogP contribution in [0.4, 0.5) is 23.2 Å². The van der Waals surface area contributed by atoms with E-state index in [1.165, 1.54) is 30.3 Å². The third kappa shape index (κ3) is 3.25. The van der Waals surface area contributed by atoms with Crippen molar-refractivity contribution in [2.75, 3.05) is 11.4 Å². The van der Waals surface area contributed by atoms with E-state index in [0.717, 1.165) is 11.0 Å². The SMILES string of the molecule is C=C([C@@H]1CN(c2c(F)cccc2Cl)C(=O)c2ccc(Br)cc21)C(F)(F)F. The highest BCUT2D eigenvalue weighted by Crippen LogP contribution is 2.43. The predicted molar refractivity (Wildman–Crippen MR) is 95.2 cm³/mol. The Morgan fingerprint density at radius 3 is 2.58 bits per heavy atom. The van der Waals surface area contributed by atoms with E-state index < -0.39 is 35.9 Å². The Morgan fingerprint density at radius 2 is 1.96 bits per heavy atom. The first-order valence-electron chi connectivity index (χ1n) is 7.42. The molecule has 136 valence electrons. The average Bonchev–Trinajstić information content (AvgIpc) is 2.55. The van der Waals surface area contributed by atoms with Crippen molar-refractivity contribution in [2.24, 2.45) is 0 Å². The first-order chi connectivity index (χ1) is 12.1. The Balaban J connectivity index is 2.19. The molecule has 2 aromatic rings. The van der Waals surface area contributed by atoms with Crippen molar-refractivity contribution < 1.29 is 22.4 Å². The number of hydrogen-bond donors (Lipinski definition) is 0. The summed E-state index contributed by atoms with van der Waals surface area (Å²) in [7, 11) is 0. The second kappa shape index (κ2) is 6.70. The lowest BCUT2D eigenvalue weighted by Crippen LogP contribution is -2.42. The highest BCUT2D eigenvalue weighted by molar-refractivity contribution is 9.10. The molecule has 1 amide bonds. The molecule has 2 nitrogen and oxygen atoms in total. The highest BCUT2D eigenvalue weighted by Gasteiger charge is 2.43. The van der Waals surface area contributed by atoms with Crippen LogP contribution in [-0.2, 0) is 0 Å². The highest BCUT2D eigenvalue weighted by atomic mass is 79.9. The van der Waals surface area contributed by atoms with Gasteiger partial charge in [0.25, 0.3) is 5.91 Å². The van der Waals surface area contributed by atoms with E-state index in [-0.39, 0.29) is 21.8 Å². The topological polar surface area (TPSA) is 20.3 Å². The molecule has 0 aliphatic carbocycles. The Kier molecular flexibility index (Phi) is 4.88. The van der Waals surface area contributed by atoms with Gasteiger partial charge in [0.05, 0.1) is 10.7 Å². The number of carbonyl (C=O) groups excluding carboxylic acids is 1. The number of nitrogens with zero attached hydrogens (tertiary/aromatic N) is 1. The van der Waals surface area contributed by atoms with E-state index in [1.807, 2.05) is 0 Å². The molecule has 0 aromatic heterocycles. The van der Waals surface area contributed by atoms with Gasteiger partial charge in [0.15, 0.2) is 0 Å². The molecule has 3 rings (SSSR count). The fourth-order valence-electron chi connectivity index (χ4n) is 2.96. The fraction of sp³-hybridized carbons (Fsp3) is 0.167. The summed E-state index contributed by atoms with van der Waals surface area (Å²) in [5, 5.41) is -0.0599. The molecule has 0 spiro atoms. The van der Waals surface area contributed by atoms with Gasteiger partial charge in [-0.05, 0) is 35.9 Å². The normalized spacial score (nSPS) is 17.2. The van der Waals surface area contributed by atoms with Crippen LogP contribution in [0.3, 0.4) is 0 Å². The lowest BCUT2D eigenvalue weighted by atomic mass is 9.84. The molecule has 26 heavy (non-hydrogen) atoms. The third-order valence-corrected chi connectivity index (χ3v) is 5.02. The molecule has 0 unspecified atom stereocenters. The number of alkyl halides is 3. The number of anilines is 1. The number of rotatable bonds is 2. The zero-order valence-corrected chi connectivity index (χ0v) is 15.4. The lowest BCUT2D eigenvalue weighted by Gasteiger charge is -2.36. The minimum atomic E-state index is -4.66. The van der Waals surface area contributed by atoms with Crippen molar-refractivity contribution in [1.82, 2.24) is 0 Å². The van der Waals surface area contributed by atoms with Crippen LogP contribution < -0.4 is 4.90 Å². The van der Waals surface area contributed by atoms with Gasteiger partial charge in [-0.1, -0.05) is 40.2 Å². The molecule has 0 N–H and O–H groups in total. The van der Waals surface area contributed by atoms with Crippen molar-refractivity contribution >= 4 is 39.1 Å². The first kappa shape index (κ1) is 18.9. The maximum absolute atomic E-state index is 14.3. The summed E-state index contributed by atoms with van der Waals surface area (Å²) in [5.41, 5.74) is -1.01. The predicted octanol–water partition coefficient (Wildman–Crippen LogP) is 6.10. The van der Waals surface area contributed by atoms with Crippen LogP contribution in [0, 0.1) is 5.82 Å². The molecule has 8 heteroatoms. The standard InChI is InChI=1S/C18H11BrClF4NO/c1-9(18(22,23)24)13-8-25(16-14(20)3-2-4-15(16)21)17(26)11-6-5-10(19)7-12(11)13/h2-7,13H,1,8H2/t13-/m0/s1. The van der Waals surface area contributed by atoms with E-state index in [1.54, 1.807) is 0 Å². The Labute approximate surface area is 160 Å². The monoisotopic (exact) mass is 447 g/mol. The summed E-state index contributed by atoms with van der Waals surface area (Å²) in [6, 6.07) is 8.22. The van der Waals surface area contributed by atoms with Crippen LogP contribution in [-0.4, -0.2) is 18.6 Å². The van der Waals surface area contributed by atoms with Gasteiger partial charge in [0, 0.05) is 28.1 Å². The lowest BCUT2D eigenvalue weighted by molar-refractivity contribution is -0.0953. The van der Waals surface area contributed by atoms with Crippen molar-refractivity contribution in [3.63, 3.8) is 0 Å². The largest absolute Gasteiger partial charge is 0.412 e. The Bertz CT molecular complexity index is 892. The van der Waals surface area contributed by atoms with Crippen molar-refractivity contribution in [2.45, 2.75) is 12.1 Å². The summed E-state index contributed by atoms with van der Waals surface area (Å²) in [5.74, 6) is -2.65. The minimum Gasteiger partial charge on any atom is -0.303 e. The average molecular weight is 449 g/mol. The van der Waals surface area contributed by atoms with Gasteiger partial charge in [0.2, 0.25) is 0 Å². The molecular weight excluding hydrogens is 438 g/mol. The van der Waals surface area contributed by atoms with Crippen molar-refractivity contribution in [3.8, 4) is 0 Å². The quantitative estimate of drug-likeness (QED) is 0.401. The summed E-state index contributed by atoms with van der Waals surface area (Å²) >= 11 is 9.22. The van der Waals surface area contributed by atoms with Crippen LogP contribution >= 0.6 is 27.5 Å². The number of fused-ring (bicyclic) bond motifs is 1. The van der Waals surface area contributed by atoms with E-state index >= 15 is 0 Å². The van der Waals surface area contributed by atoms with Gasteiger partial charge in [-0.25, -0.2) is 4.39 Å². The molecule has 0 saturated carbocycles. The van der Waals surface area contributed by atoms with E-state index in [2.05, 4.69) is 22.5 Å². The van der Waals surface area contributed by atoms with Crippen LogP contribution in [0.25, 0.3) is 0 Å². The summed E-state index contributed by atoms with van der Waals surface area (Å²) in [6.07, 6.45) is -4.66. The smallest absolute Gasteiger partial charge is 0.303 e. The van der Waals surface area contributed by atoms with Crippen LogP contribution in [0.2, 0.25) is 5.02 Å².